The number of rotatable bonds is 2. The highest BCUT2D eigenvalue weighted by Crippen LogP contribution is 2.38. The van der Waals surface area contributed by atoms with Crippen LogP contribution in [0.4, 0.5) is 11.4 Å². The van der Waals surface area contributed by atoms with Crippen LogP contribution in [0.15, 0.2) is 42.5 Å². The van der Waals surface area contributed by atoms with Crippen molar-refractivity contribution in [2.45, 2.75) is 19.3 Å². The SMILES string of the molecule is Cc1ccccc1CC1C(=O)Nc2c(N)cccc21. The minimum absolute atomic E-state index is 0.0381. The van der Waals surface area contributed by atoms with Crippen LogP contribution in [0.5, 0.6) is 0 Å². The van der Waals surface area contributed by atoms with Crippen molar-refractivity contribution in [2.24, 2.45) is 0 Å². The summed E-state index contributed by atoms with van der Waals surface area (Å²) in [7, 11) is 0. The highest BCUT2D eigenvalue weighted by atomic mass is 16.2. The Labute approximate surface area is 112 Å². The summed E-state index contributed by atoms with van der Waals surface area (Å²) in [6.07, 6.45) is 0.717. The molecule has 1 aliphatic heterocycles. The van der Waals surface area contributed by atoms with Crippen molar-refractivity contribution < 1.29 is 4.79 Å². The Kier molecular flexibility index (Phi) is 2.75. The summed E-state index contributed by atoms with van der Waals surface area (Å²) in [5.74, 6) is -0.101. The predicted molar refractivity (Wildman–Crippen MR) is 77.1 cm³/mol. The molecule has 2 aromatic carbocycles. The fourth-order valence-corrected chi connectivity index (χ4v) is 2.64. The third-order valence-corrected chi connectivity index (χ3v) is 3.75. The largest absolute Gasteiger partial charge is 0.397 e. The molecule has 2 aromatic rings. The first-order valence-electron chi connectivity index (χ1n) is 6.40. The van der Waals surface area contributed by atoms with Crippen molar-refractivity contribution in [3.8, 4) is 0 Å². The molecule has 3 heteroatoms. The maximum Gasteiger partial charge on any atom is 0.232 e. The zero-order chi connectivity index (χ0) is 13.4. The molecule has 0 saturated heterocycles. The summed E-state index contributed by atoms with van der Waals surface area (Å²) in [6, 6.07) is 13.9. The molecule has 1 amide bonds. The van der Waals surface area contributed by atoms with Gasteiger partial charge in [-0.25, -0.2) is 0 Å². The first-order chi connectivity index (χ1) is 9.16. The molecule has 0 aliphatic carbocycles. The van der Waals surface area contributed by atoms with Gasteiger partial charge in [-0.1, -0.05) is 36.4 Å². The minimum Gasteiger partial charge on any atom is -0.397 e. The normalized spacial score (nSPS) is 17.1. The first-order valence-corrected chi connectivity index (χ1v) is 6.40. The molecule has 1 unspecified atom stereocenters. The standard InChI is InChI=1S/C16H16N2O/c1-10-5-2-3-6-11(10)9-13-12-7-4-8-14(17)15(12)18-16(13)19/h2-8,13H,9,17H2,1H3,(H,18,19). The lowest BCUT2D eigenvalue weighted by Gasteiger charge is -2.11. The van der Waals surface area contributed by atoms with Gasteiger partial charge in [-0.2, -0.15) is 0 Å². The van der Waals surface area contributed by atoms with Gasteiger partial charge in [0, 0.05) is 0 Å². The van der Waals surface area contributed by atoms with E-state index in [0.717, 1.165) is 17.7 Å². The molecule has 96 valence electrons. The van der Waals surface area contributed by atoms with Crippen LogP contribution in [0.1, 0.15) is 22.6 Å². The van der Waals surface area contributed by atoms with Gasteiger partial charge >= 0.3 is 0 Å². The lowest BCUT2D eigenvalue weighted by Crippen LogP contribution is -2.14. The maximum absolute atomic E-state index is 12.1. The highest BCUT2D eigenvalue weighted by molar-refractivity contribution is 6.06. The highest BCUT2D eigenvalue weighted by Gasteiger charge is 2.31. The first kappa shape index (κ1) is 11.8. The number of carbonyl (C=O) groups is 1. The van der Waals surface area contributed by atoms with Crippen molar-refractivity contribution in [1.82, 2.24) is 0 Å². The number of benzene rings is 2. The van der Waals surface area contributed by atoms with E-state index in [9.17, 15) is 4.79 Å². The van der Waals surface area contributed by atoms with Crippen LogP contribution in [0.3, 0.4) is 0 Å². The third-order valence-electron chi connectivity index (χ3n) is 3.75. The average Bonchev–Trinajstić information content (AvgIpc) is 2.71. The van der Waals surface area contributed by atoms with Crippen LogP contribution in [-0.4, -0.2) is 5.91 Å². The second-order valence-electron chi connectivity index (χ2n) is 4.98. The summed E-state index contributed by atoms with van der Waals surface area (Å²) in [5, 5.41) is 2.89. The predicted octanol–water partition coefficient (Wildman–Crippen LogP) is 2.86. The zero-order valence-corrected chi connectivity index (χ0v) is 10.8. The van der Waals surface area contributed by atoms with E-state index >= 15 is 0 Å². The number of hydrogen-bond donors (Lipinski definition) is 2. The molecule has 0 aromatic heterocycles. The van der Waals surface area contributed by atoms with Crippen molar-refractivity contribution >= 4 is 17.3 Å². The lowest BCUT2D eigenvalue weighted by molar-refractivity contribution is -0.117. The van der Waals surface area contributed by atoms with Crippen molar-refractivity contribution in [3.05, 3.63) is 59.2 Å². The Morgan fingerprint density at radius 1 is 1.16 bits per heavy atom. The summed E-state index contributed by atoms with van der Waals surface area (Å²) in [5.41, 5.74) is 10.8. The lowest BCUT2D eigenvalue weighted by atomic mass is 9.91. The number of carbonyl (C=O) groups excluding carboxylic acids is 1. The van der Waals surface area contributed by atoms with E-state index in [1.165, 1.54) is 11.1 Å². The molecule has 0 saturated carbocycles. The van der Waals surface area contributed by atoms with Crippen molar-refractivity contribution in [1.29, 1.82) is 0 Å². The van der Waals surface area contributed by atoms with Gasteiger partial charge in [-0.3, -0.25) is 4.79 Å². The Morgan fingerprint density at radius 2 is 1.95 bits per heavy atom. The Hall–Kier alpha value is -2.29. The second-order valence-corrected chi connectivity index (χ2v) is 4.98. The summed E-state index contributed by atoms with van der Waals surface area (Å²) in [4.78, 5) is 12.1. The van der Waals surface area contributed by atoms with Crippen LogP contribution in [-0.2, 0) is 11.2 Å². The quantitative estimate of drug-likeness (QED) is 0.807. The van der Waals surface area contributed by atoms with E-state index in [1.54, 1.807) is 0 Å². The van der Waals surface area contributed by atoms with Gasteiger partial charge in [0.25, 0.3) is 0 Å². The van der Waals surface area contributed by atoms with Crippen molar-refractivity contribution in [3.63, 3.8) is 0 Å². The van der Waals surface area contributed by atoms with Gasteiger partial charge in [0.1, 0.15) is 0 Å². The molecule has 0 spiro atoms. The van der Waals surface area contributed by atoms with Gasteiger partial charge < -0.3 is 11.1 Å². The fraction of sp³-hybridized carbons (Fsp3) is 0.188. The van der Waals surface area contributed by atoms with Crippen LogP contribution >= 0.6 is 0 Å². The zero-order valence-electron chi connectivity index (χ0n) is 10.8. The summed E-state index contributed by atoms with van der Waals surface area (Å²) in [6.45, 7) is 2.07. The Balaban J connectivity index is 1.97. The average molecular weight is 252 g/mol. The second kappa shape index (κ2) is 4.43. The molecule has 19 heavy (non-hydrogen) atoms. The van der Waals surface area contributed by atoms with Gasteiger partial charge in [-0.05, 0) is 36.1 Å². The number of amides is 1. The van der Waals surface area contributed by atoms with E-state index in [4.69, 9.17) is 5.73 Å². The van der Waals surface area contributed by atoms with Crippen molar-refractivity contribution in [2.75, 3.05) is 11.1 Å². The number of anilines is 2. The maximum atomic E-state index is 12.1. The monoisotopic (exact) mass is 252 g/mol. The molecule has 3 N–H and O–H groups in total. The topological polar surface area (TPSA) is 55.1 Å². The van der Waals surface area contributed by atoms with Gasteiger partial charge in [0.15, 0.2) is 0 Å². The number of nitrogens with two attached hydrogens (primary N) is 1. The molecule has 0 fully saturated rings. The van der Waals surface area contributed by atoms with E-state index in [0.29, 0.717) is 5.69 Å². The van der Waals surface area contributed by atoms with Crippen LogP contribution in [0, 0.1) is 6.92 Å². The molecular weight excluding hydrogens is 236 g/mol. The van der Waals surface area contributed by atoms with E-state index in [-0.39, 0.29) is 11.8 Å². The molecule has 1 aliphatic rings. The van der Waals surface area contributed by atoms with E-state index < -0.39 is 0 Å². The van der Waals surface area contributed by atoms with Gasteiger partial charge in [0.05, 0.1) is 17.3 Å². The molecule has 0 radical (unpaired) electrons. The third kappa shape index (κ3) is 1.97. The Morgan fingerprint density at radius 3 is 2.74 bits per heavy atom. The number of aryl methyl sites for hydroxylation is 1. The van der Waals surface area contributed by atoms with E-state index in [1.807, 2.05) is 30.3 Å². The smallest absolute Gasteiger partial charge is 0.232 e. The van der Waals surface area contributed by atoms with Crippen LogP contribution in [0.2, 0.25) is 0 Å². The van der Waals surface area contributed by atoms with Gasteiger partial charge in [0.2, 0.25) is 5.91 Å². The Bertz CT molecular complexity index is 649. The molecule has 3 rings (SSSR count). The van der Waals surface area contributed by atoms with Crippen LogP contribution < -0.4 is 11.1 Å². The van der Waals surface area contributed by atoms with Crippen LogP contribution in [0.25, 0.3) is 0 Å². The van der Waals surface area contributed by atoms with Gasteiger partial charge in [-0.15, -0.1) is 0 Å². The summed E-state index contributed by atoms with van der Waals surface area (Å²) >= 11 is 0. The molecule has 1 heterocycles. The fourth-order valence-electron chi connectivity index (χ4n) is 2.64. The number of nitrogen functional groups attached to an aromatic ring is 1. The number of nitrogens with one attached hydrogen (secondary N) is 1. The number of hydrogen-bond acceptors (Lipinski definition) is 2. The van der Waals surface area contributed by atoms with E-state index in [2.05, 4.69) is 24.4 Å². The molecule has 0 bridgehead atoms. The molecule has 3 nitrogen and oxygen atoms in total. The molecule has 1 atom stereocenters. The number of para-hydroxylation sites is 1. The number of fused-ring (bicyclic) bond motifs is 1. The molecular formula is C16H16N2O. The minimum atomic E-state index is -0.139. The summed E-state index contributed by atoms with van der Waals surface area (Å²) < 4.78 is 0.